The normalized spacial score (nSPS) is 11.8. The SMILES string of the molecule is COc1cc(OC)c(C(C)C(=O)OC=Cc2ccccc2)cc1OC. The van der Waals surface area contributed by atoms with Crippen LogP contribution in [0.4, 0.5) is 0 Å². The average molecular weight is 342 g/mol. The smallest absolute Gasteiger partial charge is 0.318 e. The molecular weight excluding hydrogens is 320 g/mol. The van der Waals surface area contributed by atoms with Crippen LogP contribution in [0.3, 0.4) is 0 Å². The van der Waals surface area contributed by atoms with Crippen LogP contribution in [0.1, 0.15) is 24.0 Å². The highest BCUT2D eigenvalue weighted by molar-refractivity contribution is 5.80. The van der Waals surface area contributed by atoms with Crippen molar-refractivity contribution in [1.29, 1.82) is 0 Å². The maximum atomic E-state index is 12.4. The predicted octanol–water partition coefficient (Wildman–Crippen LogP) is 4.03. The van der Waals surface area contributed by atoms with Gasteiger partial charge in [0.1, 0.15) is 5.75 Å². The van der Waals surface area contributed by atoms with Crippen molar-refractivity contribution in [3.05, 3.63) is 59.9 Å². The average Bonchev–Trinajstić information content (AvgIpc) is 2.66. The van der Waals surface area contributed by atoms with E-state index in [1.165, 1.54) is 13.4 Å². The van der Waals surface area contributed by atoms with Crippen LogP contribution >= 0.6 is 0 Å². The monoisotopic (exact) mass is 342 g/mol. The van der Waals surface area contributed by atoms with Gasteiger partial charge in [-0.3, -0.25) is 4.79 Å². The molecule has 0 aromatic heterocycles. The maximum absolute atomic E-state index is 12.4. The molecule has 0 amide bonds. The van der Waals surface area contributed by atoms with Crippen molar-refractivity contribution in [2.75, 3.05) is 21.3 Å². The Balaban J connectivity index is 2.17. The summed E-state index contributed by atoms with van der Waals surface area (Å²) in [5, 5.41) is 0. The van der Waals surface area contributed by atoms with Crippen molar-refractivity contribution in [3.63, 3.8) is 0 Å². The summed E-state index contributed by atoms with van der Waals surface area (Å²) in [7, 11) is 4.63. The summed E-state index contributed by atoms with van der Waals surface area (Å²) < 4.78 is 21.2. The summed E-state index contributed by atoms with van der Waals surface area (Å²) in [4.78, 5) is 12.4. The van der Waals surface area contributed by atoms with Gasteiger partial charge in [-0.05, 0) is 24.6 Å². The van der Waals surface area contributed by atoms with E-state index < -0.39 is 11.9 Å². The Morgan fingerprint density at radius 2 is 1.52 bits per heavy atom. The van der Waals surface area contributed by atoms with Crippen LogP contribution in [0.5, 0.6) is 17.2 Å². The standard InChI is InChI=1S/C20H22O5/c1-14(20(21)25-11-10-15-8-6-5-7-9-15)16-12-18(23-3)19(24-4)13-17(16)22-2/h5-14H,1-4H3. The number of hydrogen-bond donors (Lipinski definition) is 0. The van der Waals surface area contributed by atoms with E-state index in [4.69, 9.17) is 18.9 Å². The van der Waals surface area contributed by atoms with Gasteiger partial charge in [0.05, 0.1) is 33.5 Å². The lowest BCUT2D eigenvalue weighted by atomic mass is 9.99. The molecule has 2 aromatic rings. The lowest BCUT2D eigenvalue weighted by Crippen LogP contribution is -2.12. The van der Waals surface area contributed by atoms with Crippen molar-refractivity contribution < 1.29 is 23.7 Å². The van der Waals surface area contributed by atoms with Crippen LogP contribution in [0.2, 0.25) is 0 Å². The number of esters is 1. The first-order chi connectivity index (χ1) is 12.1. The molecule has 0 radical (unpaired) electrons. The Morgan fingerprint density at radius 3 is 2.12 bits per heavy atom. The van der Waals surface area contributed by atoms with Gasteiger partial charge in [0.2, 0.25) is 0 Å². The van der Waals surface area contributed by atoms with E-state index in [2.05, 4.69) is 0 Å². The molecule has 0 aliphatic carbocycles. The number of benzene rings is 2. The molecule has 2 rings (SSSR count). The minimum absolute atomic E-state index is 0.391. The molecular formula is C20H22O5. The summed E-state index contributed by atoms with van der Waals surface area (Å²) in [5.74, 6) is 0.674. The molecule has 0 bridgehead atoms. The molecule has 5 nitrogen and oxygen atoms in total. The second kappa shape index (κ2) is 8.78. The Labute approximate surface area is 147 Å². The second-order valence-electron chi connectivity index (χ2n) is 5.32. The van der Waals surface area contributed by atoms with Crippen LogP contribution in [0.25, 0.3) is 6.08 Å². The first-order valence-electron chi connectivity index (χ1n) is 7.82. The zero-order valence-corrected chi connectivity index (χ0v) is 14.8. The lowest BCUT2D eigenvalue weighted by Gasteiger charge is -2.17. The zero-order chi connectivity index (χ0) is 18.2. The molecule has 2 aromatic carbocycles. The molecule has 0 saturated heterocycles. The second-order valence-corrected chi connectivity index (χ2v) is 5.32. The molecule has 0 aliphatic heterocycles. The van der Waals surface area contributed by atoms with E-state index in [1.54, 1.807) is 39.4 Å². The van der Waals surface area contributed by atoms with Crippen molar-refractivity contribution >= 4 is 12.0 Å². The van der Waals surface area contributed by atoms with Crippen LogP contribution in [0.15, 0.2) is 48.7 Å². The fourth-order valence-electron chi connectivity index (χ4n) is 2.36. The molecule has 0 spiro atoms. The molecule has 5 heteroatoms. The topological polar surface area (TPSA) is 54.0 Å². The Morgan fingerprint density at radius 1 is 0.920 bits per heavy atom. The van der Waals surface area contributed by atoms with Crippen molar-refractivity contribution in [2.24, 2.45) is 0 Å². The molecule has 1 unspecified atom stereocenters. The van der Waals surface area contributed by atoms with Crippen molar-refractivity contribution in [2.45, 2.75) is 12.8 Å². The van der Waals surface area contributed by atoms with Gasteiger partial charge in [-0.25, -0.2) is 0 Å². The van der Waals surface area contributed by atoms with Crippen LogP contribution in [-0.2, 0) is 9.53 Å². The Hall–Kier alpha value is -2.95. The van der Waals surface area contributed by atoms with Crippen LogP contribution in [-0.4, -0.2) is 27.3 Å². The Bertz CT molecular complexity index is 737. The molecule has 0 aliphatic rings. The van der Waals surface area contributed by atoms with Gasteiger partial charge in [-0.15, -0.1) is 0 Å². The summed E-state index contributed by atoms with van der Waals surface area (Å²) in [6, 6.07) is 13.0. The highest BCUT2D eigenvalue weighted by Gasteiger charge is 2.23. The van der Waals surface area contributed by atoms with E-state index in [0.29, 0.717) is 22.8 Å². The zero-order valence-electron chi connectivity index (χ0n) is 14.8. The van der Waals surface area contributed by atoms with Crippen molar-refractivity contribution in [1.82, 2.24) is 0 Å². The number of ether oxygens (including phenoxy) is 4. The van der Waals surface area contributed by atoms with Gasteiger partial charge in [-0.2, -0.15) is 0 Å². The fourth-order valence-corrected chi connectivity index (χ4v) is 2.36. The van der Waals surface area contributed by atoms with Crippen molar-refractivity contribution in [3.8, 4) is 17.2 Å². The van der Waals surface area contributed by atoms with E-state index in [0.717, 1.165) is 5.56 Å². The minimum atomic E-state index is -0.532. The maximum Gasteiger partial charge on any atom is 0.318 e. The predicted molar refractivity (Wildman–Crippen MR) is 96.1 cm³/mol. The lowest BCUT2D eigenvalue weighted by molar-refractivity contribution is -0.139. The summed E-state index contributed by atoms with van der Waals surface area (Å²) in [5.41, 5.74) is 1.62. The third-order valence-electron chi connectivity index (χ3n) is 3.80. The third kappa shape index (κ3) is 4.53. The third-order valence-corrected chi connectivity index (χ3v) is 3.80. The van der Waals surface area contributed by atoms with E-state index in [-0.39, 0.29) is 0 Å². The molecule has 0 fully saturated rings. The highest BCUT2D eigenvalue weighted by atomic mass is 16.5. The number of rotatable bonds is 7. The summed E-state index contributed by atoms with van der Waals surface area (Å²) in [6.07, 6.45) is 3.12. The Kier molecular flexibility index (Phi) is 6.46. The van der Waals surface area contributed by atoms with Gasteiger partial charge >= 0.3 is 5.97 Å². The fraction of sp³-hybridized carbons (Fsp3) is 0.250. The summed E-state index contributed by atoms with van der Waals surface area (Å²) >= 11 is 0. The highest BCUT2D eigenvalue weighted by Crippen LogP contribution is 2.38. The molecule has 132 valence electrons. The summed E-state index contributed by atoms with van der Waals surface area (Å²) in [6.45, 7) is 1.75. The molecule has 0 heterocycles. The van der Waals surface area contributed by atoms with E-state index in [9.17, 15) is 4.79 Å². The van der Waals surface area contributed by atoms with Gasteiger partial charge < -0.3 is 18.9 Å². The van der Waals surface area contributed by atoms with Gasteiger partial charge in [0, 0.05) is 11.6 Å². The number of methoxy groups -OCH3 is 3. The van der Waals surface area contributed by atoms with Gasteiger partial charge in [-0.1, -0.05) is 30.3 Å². The largest absolute Gasteiger partial charge is 0.496 e. The van der Waals surface area contributed by atoms with E-state index in [1.807, 2.05) is 30.3 Å². The number of hydrogen-bond acceptors (Lipinski definition) is 5. The van der Waals surface area contributed by atoms with E-state index >= 15 is 0 Å². The first kappa shape index (κ1) is 18.4. The molecule has 1 atom stereocenters. The number of carbonyl (C=O) groups is 1. The van der Waals surface area contributed by atoms with Crippen LogP contribution in [0, 0.1) is 0 Å². The molecule has 0 saturated carbocycles. The van der Waals surface area contributed by atoms with Crippen LogP contribution < -0.4 is 14.2 Å². The first-order valence-corrected chi connectivity index (χ1v) is 7.82. The number of carbonyl (C=O) groups excluding carboxylic acids is 1. The quantitative estimate of drug-likeness (QED) is 0.562. The van der Waals surface area contributed by atoms with Gasteiger partial charge in [0.15, 0.2) is 11.5 Å². The molecule has 25 heavy (non-hydrogen) atoms. The minimum Gasteiger partial charge on any atom is -0.496 e. The van der Waals surface area contributed by atoms with Gasteiger partial charge in [0.25, 0.3) is 0 Å². The molecule has 0 N–H and O–H groups in total.